The average Bonchev–Trinajstić information content (AvgIpc) is 2.26. The quantitative estimate of drug-likeness (QED) is 0.517. The Balaban J connectivity index is 0. The SMILES string of the molecule is [CH2-][C@@H](C)[C@@H](OC(C)=O)C(C(=O)C(C)C)N(C)C(C)C.[Y]. The van der Waals surface area contributed by atoms with Gasteiger partial charge in [0.25, 0.3) is 0 Å². The molecule has 0 heterocycles. The molecule has 20 heavy (non-hydrogen) atoms. The van der Waals surface area contributed by atoms with Crippen molar-refractivity contribution in [3.8, 4) is 0 Å². The first-order valence-corrected chi connectivity index (χ1v) is 6.85. The first-order chi connectivity index (χ1) is 8.59. The Morgan fingerprint density at radius 1 is 1.10 bits per heavy atom. The second-order valence-corrected chi connectivity index (χ2v) is 5.81. The normalized spacial score (nSPS) is 15.8. The van der Waals surface area contributed by atoms with Crippen LogP contribution in [0.4, 0.5) is 0 Å². The van der Waals surface area contributed by atoms with Crippen LogP contribution >= 0.6 is 0 Å². The van der Waals surface area contributed by atoms with E-state index in [0.29, 0.717) is 0 Å². The van der Waals surface area contributed by atoms with Gasteiger partial charge in [0, 0.05) is 51.6 Å². The summed E-state index contributed by atoms with van der Waals surface area (Å²) in [6, 6.07) is -0.263. The second-order valence-electron chi connectivity index (χ2n) is 5.81. The van der Waals surface area contributed by atoms with Crippen molar-refractivity contribution >= 4 is 11.8 Å². The molecule has 0 amide bonds. The maximum atomic E-state index is 12.5. The number of hydrogen-bond donors (Lipinski definition) is 0. The number of Topliss-reactive ketones (excluding diaryl/α,β-unsaturated/α-hetero) is 1. The molecule has 1 unspecified atom stereocenters. The molecule has 0 rings (SSSR count). The number of nitrogens with zero attached hydrogens (tertiary/aromatic N) is 1. The second kappa shape index (κ2) is 10.0. The average molecular weight is 359 g/mol. The monoisotopic (exact) mass is 359 g/mol. The third kappa shape index (κ3) is 6.77. The number of hydrogen-bond acceptors (Lipinski definition) is 4. The van der Waals surface area contributed by atoms with E-state index in [9.17, 15) is 9.59 Å². The summed E-state index contributed by atoms with van der Waals surface area (Å²) in [5.74, 6) is -0.557. The van der Waals surface area contributed by atoms with E-state index in [-0.39, 0.29) is 62.3 Å². The Bertz CT molecular complexity index is 316. The summed E-state index contributed by atoms with van der Waals surface area (Å²) >= 11 is 0. The Kier molecular flexibility index (Phi) is 11.3. The van der Waals surface area contributed by atoms with Crippen LogP contribution in [0.5, 0.6) is 0 Å². The van der Waals surface area contributed by atoms with E-state index in [0.717, 1.165) is 0 Å². The molecule has 0 aliphatic rings. The van der Waals surface area contributed by atoms with Crippen molar-refractivity contribution in [1.82, 2.24) is 4.90 Å². The molecular formula is C15H28NO3Y-. The Labute approximate surface area is 148 Å². The number of ether oxygens (including phenoxy) is 1. The van der Waals surface area contributed by atoms with Crippen molar-refractivity contribution in [3.63, 3.8) is 0 Å². The van der Waals surface area contributed by atoms with Crippen LogP contribution in [0.25, 0.3) is 0 Å². The Morgan fingerprint density at radius 3 is 1.80 bits per heavy atom. The molecule has 0 bridgehead atoms. The molecule has 0 saturated carbocycles. The maximum Gasteiger partial charge on any atom is 0.302 e. The molecule has 0 N–H and O–H groups in total. The van der Waals surface area contributed by atoms with Crippen LogP contribution in [-0.2, 0) is 47.0 Å². The predicted octanol–water partition coefficient (Wildman–Crippen LogP) is 2.32. The first-order valence-electron chi connectivity index (χ1n) is 6.85. The van der Waals surface area contributed by atoms with Gasteiger partial charge in [-0.1, -0.05) is 20.8 Å². The van der Waals surface area contributed by atoms with E-state index in [2.05, 4.69) is 6.92 Å². The van der Waals surface area contributed by atoms with Crippen molar-refractivity contribution < 1.29 is 47.0 Å². The summed E-state index contributed by atoms with van der Waals surface area (Å²) in [7, 11) is 1.88. The molecule has 0 spiro atoms. The summed E-state index contributed by atoms with van der Waals surface area (Å²) < 4.78 is 5.35. The van der Waals surface area contributed by atoms with Crippen LogP contribution in [0.2, 0.25) is 0 Å². The number of rotatable bonds is 7. The van der Waals surface area contributed by atoms with Crippen LogP contribution in [-0.4, -0.2) is 41.9 Å². The summed E-state index contributed by atoms with van der Waals surface area (Å²) in [6.07, 6.45) is -0.514. The fourth-order valence-corrected chi connectivity index (χ4v) is 1.94. The third-order valence-electron chi connectivity index (χ3n) is 3.29. The summed E-state index contributed by atoms with van der Waals surface area (Å²) in [6.45, 7) is 14.9. The zero-order valence-corrected chi connectivity index (χ0v) is 16.7. The van der Waals surface area contributed by atoms with E-state index in [1.54, 1.807) is 0 Å². The Morgan fingerprint density at radius 2 is 1.55 bits per heavy atom. The molecule has 0 aromatic rings. The number of likely N-dealkylation sites (N-methyl/N-ethyl adjacent to an activating group) is 1. The molecule has 1 radical (unpaired) electrons. The van der Waals surface area contributed by atoms with Gasteiger partial charge in [0.05, 0.1) is 6.10 Å². The van der Waals surface area contributed by atoms with Gasteiger partial charge < -0.3 is 11.7 Å². The third-order valence-corrected chi connectivity index (χ3v) is 3.29. The summed E-state index contributed by atoms with van der Waals surface area (Å²) in [4.78, 5) is 25.7. The number of ketones is 1. The number of esters is 1. The van der Waals surface area contributed by atoms with Crippen molar-refractivity contribution in [2.45, 2.75) is 59.7 Å². The van der Waals surface area contributed by atoms with Crippen molar-refractivity contribution in [2.24, 2.45) is 11.8 Å². The number of carbonyl (C=O) groups is 2. The van der Waals surface area contributed by atoms with Crippen molar-refractivity contribution in [1.29, 1.82) is 0 Å². The van der Waals surface area contributed by atoms with Crippen LogP contribution in [0.1, 0.15) is 41.5 Å². The van der Waals surface area contributed by atoms with Gasteiger partial charge in [-0.3, -0.25) is 14.5 Å². The minimum atomic E-state index is -0.514. The largest absolute Gasteiger partial charge is 0.463 e. The fourth-order valence-electron chi connectivity index (χ4n) is 1.94. The van der Waals surface area contributed by atoms with Gasteiger partial charge in [-0.2, -0.15) is 0 Å². The van der Waals surface area contributed by atoms with Crippen LogP contribution < -0.4 is 0 Å². The predicted molar refractivity (Wildman–Crippen MR) is 76.6 cm³/mol. The van der Waals surface area contributed by atoms with Gasteiger partial charge in [0.1, 0.15) is 6.04 Å². The molecule has 115 valence electrons. The Hall–Kier alpha value is 0.204. The van der Waals surface area contributed by atoms with Crippen molar-refractivity contribution in [3.05, 3.63) is 6.92 Å². The van der Waals surface area contributed by atoms with E-state index in [1.807, 2.05) is 46.6 Å². The van der Waals surface area contributed by atoms with E-state index in [4.69, 9.17) is 4.74 Å². The molecular weight excluding hydrogens is 331 g/mol. The molecule has 5 heteroatoms. The molecule has 0 aliphatic heterocycles. The smallest absolute Gasteiger partial charge is 0.302 e. The minimum Gasteiger partial charge on any atom is -0.463 e. The molecule has 0 saturated heterocycles. The van der Waals surface area contributed by atoms with E-state index >= 15 is 0 Å². The zero-order valence-electron chi connectivity index (χ0n) is 13.8. The van der Waals surface area contributed by atoms with E-state index < -0.39 is 12.1 Å². The van der Waals surface area contributed by atoms with Crippen LogP contribution in [0, 0.1) is 18.8 Å². The molecule has 3 atom stereocenters. The van der Waals surface area contributed by atoms with Crippen LogP contribution in [0.15, 0.2) is 0 Å². The zero-order chi connectivity index (χ0) is 15.3. The molecule has 0 fully saturated rings. The topological polar surface area (TPSA) is 46.6 Å². The molecule has 0 aromatic carbocycles. The fraction of sp³-hybridized carbons (Fsp3) is 0.800. The molecule has 4 nitrogen and oxygen atoms in total. The van der Waals surface area contributed by atoms with Gasteiger partial charge in [0.2, 0.25) is 0 Å². The number of carbonyl (C=O) groups excluding carboxylic acids is 2. The van der Waals surface area contributed by atoms with Gasteiger partial charge in [-0.15, -0.1) is 5.92 Å². The van der Waals surface area contributed by atoms with Gasteiger partial charge in [-0.25, -0.2) is 0 Å². The minimum absolute atomic E-state index is 0. The van der Waals surface area contributed by atoms with E-state index in [1.165, 1.54) is 6.92 Å². The summed E-state index contributed by atoms with van der Waals surface area (Å²) in [5.41, 5.74) is 0. The van der Waals surface area contributed by atoms with Gasteiger partial charge in [-0.05, 0) is 20.9 Å². The van der Waals surface area contributed by atoms with Crippen LogP contribution in [0.3, 0.4) is 0 Å². The molecule has 0 aliphatic carbocycles. The maximum absolute atomic E-state index is 12.5. The molecule has 0 aromatic heterocycles. The standard InChI is InChI=1S/C15H28NO3.Y/c1-9(2)14(18)13(16(8)11(5)6)15(10(3)4)19-12(7)17;/h9-11,13,15H,3H2,1-2,4-8H3;/q-1;/t10-,13?,15+;/m0./s1. The first kappa shape index (κ1) is 22.5. The summed E-state index contributed by atoms with van der Waals surface area (Å²) in [5, 5.41) is 0. The van der Waals surface area contributed by atoms with Gasteiger partial charge >= 0.3 is 5.97 Å². The van der Waals surface area contributed by atoms with Crippen molar-refractivity contribution in [2.75, 3.05) is 7.05 Å². The van der Waals surface area contributed by atoms with Gasteiger partial charge in [0.15, 0.2) is 5.78 Å².